The van der Waals surface area contributed by atoms with E-state index in [9.17, 15) is 0 Å². The Morgan fingerprint density at radius 3 is 2.84 bits per heavy atom. The van der Waals surface area contributed by atoms with E-state index in [1.54, 1.807) is 11.8 Å². The summed E-state index contributed by atoms with van der Waals surface area (Å²) in [5, 5.41) is 3.58. The fourth-order valence-corrected chi connectivity index (χ4v) is 3.28. The minimum Gasteiger partial charge on any atom is -0.353 e. The SMILES string of the molecule is CSc1ccccc1-n1ccnc1NC1CCCC1. The Morgan fingerprint density at radius 2 is 2.05 bits per heavy atom. The van der Waals surface area contributed by atoms with Crippen molar-refractivity contribution in [2.24, 2.45) is 0 Å². The fraction of sp³-hybridized carbons (Fsp3) is 0.400. The van der Waals surface area contributed by atoms with Crippen LogP contribution >= 0.6 is 11.8 Å². The van der Waals surface area contributed by atoms with Crippen LogP contribution in [0.25, 0.3) is 5.69 Å². The van der Waals surface area contributed by atoms with Crippen molar-refractivity contribution in [1.29, 1.82) is 0 Å². The molecular weight excluding hydrogens is 254 g/mol. The average molecular weight is 273 g/mol. The molecule has 100 valence electrons. The molecule has 2 aromatic rings. The summed E-state index contributed by atoms with van der Waals surface area (Å²) in [6.07, 6.45) is 11.2. The number of rotatable bonds is 4. The van der Waals surface area contributed by atoms with Crippen LogP contribution in [0.3, 0.4) is 0 Å². The molecule has 1 heterocycles. The number of aromatic nitrogens is 2. The Morgan fingerprint density at radius 1 is 1.26 bits per heavy atom. The number of anilines is 1. The predicted octanol–water partition coefficient (Wildman–Crippen LogP) is 3.95. The topological polar surface area (TPSA) is 29.9 Å². The first-order valence-corrected chi connectivity index (χ1v) is 8.04. The molecule has 1 saturated carbocycles. The molecule has 0 aliphatic heterocycles. The molecule has 4 heteroatoms. The van der Waals surface area contributed by atoms with E-state index in [1.807, 2.05) is 12.4 Å². The van der Waals surface area contributed by atoms with Crippen LogP contribution in [0.4, 0.5) is 5.95 Å². The highest BCUT2D eigenvalue weighted by Gasteiger charge is 2.17. The number of imidazole rings is 1. The second-order valence-corrected chi connectivity index (χ2v) is 5.77. The molecule has 1 aliphatic rings. The minimum absolute atomic E-state index is 0.586. The second kappa shape index (κ2) is 5.70. The maximum Gasteiger partial charge on any atom is 0.207 e. The third-order valence-electron chi connectivity index (χ3n) is 3.67. The Hall–Kier alpha value is -1.42. The molecule has 3 nitrogen and oxygen atoms in total. The van der Waals surface area contributed by atoms with Gasteiger partial charge in [-0.2, -0.15) is 0 Å². The standard InChI is InChI=1S/C15H19N3S/c1-19-14-9-5-4-8-13(14)18-11-10-16-15(18)17-12-6-2-3-7-12/h4-5,8-12H,2-3,6-7H2,1H3,(H,16,17). The summed E-state index contributed by atoms with van der Waals surface area (Å²) in [5.74, 6) is 0.966. The first-order chi connectivity index (χ1) is 9.38. The van der Waals surface area contributed by atoms with Crippen molar-refractivity contribution in [2.45, 2.75) is 36.6 Å². The third-order valence-corrected chi connectivity index (χ3v) is 4.46. The molecule has 0 radical (unpaired) electrons. The zero-order valence-corrected chi connectivity index (χ0v) is 12.0. The van der Waals surface area contributed by atoms with Gasteiger partial charge in [-0.25, -0.2) is 4.98 Å². The molecule has 1 fully saturated rings. The van der Waals surface area contributed by atoms with Crippen molar-refractivity contribution >= 4 is 17.7 Å². The summed E-state index contributed by atoms with van der Waals surface area (Å²) in [7, 11) is 0. The monoisotopic (exact) mass is 273 g/mol. The Balaban J connectivity index is 1.90. The van der Waals surface area contributed by atoms with E-state index in [0.29, 0.717) is 6.04 Å². The summed E-state index contributed by atoms with van der Waals surface area (Å²) >= 11 is 1.77. The summed E-state index contributed by atoms with van der Waals surface area (Å²) in [6, 6.07) is 9.04. The maximum absolute atomic E-state index is 4.47. The molecule has 0 amide bonds. The lowest BCUT2D eigenvalue weighted by Crippen LogP contribution is -2.17. The van der Waals surface area contributed by atoms with Crippen molar-refractivity contribution in [1.82, 2.24) is 9.55 Å². The zero-order valence-electron chi connectivity index (χ0n) is 11.2. The number of nitrogens with one attached hydrogen (secondary N) is 1. The van der Waals surface area contributed by atoms with Crippen molar-refractivity contribution in [3.05, 3.63) is 36.7 Å². The predicted molar refractivity (Wildman–Crippen MR) is 81.2 cm³/mol. The van der Waals surface area contributed by atoms with Crippen molar-refractivity contribution in [3.63, 3.8) is 0 Å². The van der Waals surface area contributed by atoms with E-state index >= 15 is 0 Å². The van der Waals surface area contributed by atoms with E-state index in [-0.39, 0.29) is 0 Å². The Bertz CT molecular complexity index is 544. The molecule has 3 rings (SSSR count). The lowest BCUT2D eigenvalue weighted by Gasteiger charge is -2.16. The van der Waals surface area contributed by atoms with Gasteiger partial charge in [0.15, 0.2) is 0 Å². The molecule has 1 N–H and O–H groups in total. The summed E-state index contributed by atoms with van der Waals surface area (Å²) < 4.78 is 2.16. The van der Waals surface area contributed by atoms with Crippen LogP contribution in [0, 0.1) is 0 Å². The minimum atomic E-state index is 0.586. The van der Waals surface area contributed by atoms with E-state index in [2.05, 4.69) is 45.4 Å². The third kappa shape index (κ3) is 2.63. The molecule has 1 aliphatic carbocycles. The largest absolute Gasteiger partial charge is 0.353 e. The molecular formula is C15H19N3S. The van der Waals surface area contributed by atoms with E-state index < -0.39 is 0 Å². The van der Waals surface area contributed by atoms with Crippen LogP contribution in [0.1, 0.15) is 25.7 Å². The average Bonchev–Trinajstić information content (AvgIpc) is 3.11. The lowest BCUT2D eigenvalue weighted by atomic mass is 10.2. The number of para-hydroxylation sites is 1. The van der Waals surface area contributed by atoms with Gasteiger partial charge in [-0.3, -0.25) is 4.57 Å². The van der Waals surface area contributed by atoms with Gasteiger partial charge in [0.1, 0.15) is 0 Å². The lowest BCUT2D eigenvalue weighted by molar-refractivity contribution is 0.740. The number of hydrogen-bond donors (Lipinski definition) is 1. The van der Waals surface area contributed by atoms with Gasteiger partial charge in [0, 0.05) is 23.3 Å². The first-order valence-electron chi connectivity index (χ1n) is 6.82. The van der Waals surface area contributed by atoms with Gasteiger partial charge in [0.25, 0.3) is 0 Å². The van der Waals surface area contributed by atoms with Gasteiger partial charge in [0.2, 0.25) is 5.95 Å². The van der Waals surface area contributed by atoms with Crippen LogP contribution in [-0.4, -0.2) is 21.8 Å². The van der Waals surface area contributed by atoms with Crippen LogP contribution in [-0.2, 0) is 0 Å². The Labute approximate surface area is 118 Å². The summed E-state index contributed by atoms with van der Waals surface area (Å²) in [5.41, 5.74) is 1.20. The van der Waals surface area contributed by atoms with Crippen molar-refractivity contribution in [3.8, 4) is 5.69 Å². The van der Waals surface area contributed by atoms with Gasteiger partial charge in [-0.05, 0) is 31.2 Å². The van der Waals surface area contributed by atoms with Crippen molar-refractivity contribution < 1.29 is 0 Å². The number of benzene rings is 1. The number of hydrogen-bond acceptors (Lipinski definition) is 3. The normalized spacial score (nSPS) is 15.8. The van der Waals surface area contributed by atoms with Crippen LogP contribution in [0.2, 0.25) is 0 Å². The summed E-state index contributed by atoms with van der Waals surface area (Å²) in [6.45, 7) is 0. The fourth-order valence-electron chi connectivity index (χ4n) is 2.69. The highest BCUT2D eigenvalue weighted by Crippen LogP contribution is 2.27. The van der Waals surface area contributed by atoms with Gasteiger partial charge in [-0.1, -0.05) is 25.0 Å². The number of thioether (sulfide) groups is 1. The van der Waals surface area contributed by atoms with Gasteiger partial charge < -0.3 is 5.32 Å². The first kappa shape index (κ1) is 12.6. The highest BCUT2D eigenvalue weighted by molar-refractivity contribution is 7.98. The molecule has 0 bridgehead atoms. The quantitative estimate of drug-likeness (QED) is 0.855. The summed E-state index contributed by atoms with van der Waals surface area (Å²) in [4.78, 5) is 5.75. The maximum atomic E-state index is 4.47. The van der Waals surface area contributed by atoms with E-state index in [1.165, 1.54) is 36.3 Å². The van der Waals surface area contributed by atoms with Crippen LogP contribution in [0.5, 0.6) is 0 Å². The Kier molecular flexibility index (Phi) is 3.78. The van der Waals surface area contributed by atoms with E-state index in [4.69, 9.17) is 0 Å². The molecule has 19 heavy (non-hydrogen) atoms. The molecule has 1 aromatic carbocycles. The zero-order chi connectivity index (χ0) is 13.1. The molecule has 0 atom stereocenters. The molecule has 1 aromatic heterocycles. The number of nitrogens with zero attached hydrogens (tertiary/aromatic N) is 2. The van der Waals surface area contributed by atoms with E-state index in [0.717, 1.165) is 5.95 Å². The highest BCUT2D eigenvalue weighted by atomic mass is 32.2. The van der Waals surface area contributed by atoms with Crippen LogP contribution in [0.15, 0.2) is 41.6 Å². The smallest absolute Gasteiger partial charge is 0.207 e. The van der Waals surface area contributed by atoms with Gasteiger partial charge in [-0.15, -0.1) is 11.8 Å². The molecule has 0 unspecified atom stereocenters. The van der Waals surface area contributed by atoms with Crippen molar-refractivity contribution in [2.75, 3.05) is 11.6 Å². The molecule has 0 saturated heterocycles. The van der Waals surface area contributed by atoms with Crippen LogP contribution < -0.4 is 5.32 Å². The second-order valence-electron chi connectivity index (χ2n) is 4.92. The van der Waals surface area contributed by atoms with Gasteiger partial charge in [0.05, 0.1) is 5.69 Å². The van der Waals surface area contributed by atoms with Gasteiger partial charge >= 0.3 is 0 Å². The molecule has 0 spiro atoms.